The number of carbonyl (C=O) groups is 1. The first-order valence-electron chi connectivity index (χ1n) is 7.32. The topological polar surface area (TPSA) is 69.0 Å². The van der Waals surface area contributed by atoms with Crippen molar-refractivity contribution < 1.29 is 9.53 Å². The molecule has 6 nitrogen and oxygen atoms in total. The molecule has 3 aromatic rings. The average molecular weight is 343 g/mol. The molecule has 0 fully saturated rings. The lowest BCUT2D eigenvalue weighted by atomic mass is 10.3. The minimum atomic E-state index is -0.243. The number of benzene rings is 2. The van der Waals surface area contributed by atoms with E-state index < -0.39 is 0 Å². The van der Waals surface area contributed by atoms with Gasteiger partial charge in [0.25, 0.3) is 5.91 Å². The van der Waals surface area contributed by atoms with Crippen molar-refractivity contribution >= 4 is 17.5 Å². The fraction of sp³-hybridized carbons (Fsp3) is 0.118. The molecule has 0 bridgehead atoms. The van der Waals surface area contributed by atoms with Crippen LogP contribution in [-0.2, 0) is 11.3 Å². The van der Waals surface area contributed by atoms with Gasteiger partial charge in [-0.05, 0) is 36.4 Å². The molecular weight excluding hydrogens is 328 g/mol. The van der Waals surface area contributed by atoms with E-state index in [1.54, 1.807) is 30.6 Å². The molecule has 0 saturated carbocycles. The molecule has 1 aromatic heterocycles. The Labute approximate surface area is 144 Å². The summed E-state index contributed by atoms with van der Waals surface area (Å²) in [6.07, 6.45) is 1.61. The Morgan fingerprint density at radius 1 is 1.12 bits per heavy atom. The van der Waals surface area contributed by atoms with Crippen molar-refractivity contribution in [1.29, 1.82) is 0 Å². The van der Waals surface area contributed by atoms with Gasteiger partial charge in [-0.1, -0.05) is 29.8 Å². The molecule has 1 heterocycles. The number of carbonyl (C=O) groups excluding carboxylic acids is 1. The SMILES string of the molecule is O=C(COc1ccc(Cl)cc1)NCc1nncn1-c1ccccc1. The van der Waals surface area contributed by atoms with Crippen molar-refractivity contribution in [2.24, 2.45) is 0 Å². The number of halogens is 1. The molecule has 0 atom stereocenters. The van der Waals surface area contributed by atoms with Gasteiger partial charge in [-0.25, -0.2) is 0 Å². The zero-order valence-electron chi connectivity index (χ0n) is 12.7. The van der Waals surface area contributed by atoms with Gasteiger partial charge in [0.15, 0.2) is 12.4 Å². The Morgan fingerprint density at radius 2 is 1.88 bits per heavy atom. The van der Waals surface area contributed by atoms with E-state index in [2.05, 4.69) is 15.5 Å². The highest BCUT2D eigenvalue weighted by Crippen LogP contribution is 2.15. The van der Waals surface area contributed by atoms with Gasteiger partial charge in [0.05, 0.1) is 6.54 Å². The van der Waals surface area contributed by atoms with Crippen LogP contribution in [0, 0.1) is 0 Å². The summed E-state index contributed by atoms with van der Waals surface area (Å²) in [5.41, 5.74) is 0.934. The molecule has 0 radical (unpaired) electrons. The van der Waals surface area contributed by atoms with E-state index in [0.717, 1.165) is 5.69 Å². The lowest BCUT2D eigenvalue weighted by molar-refractivity contribution is -0.123. The summed E-state index contributed by atoms with van der Waals surface area (Å²) in [4.78, 5) is 11.9. The van der Waals surface area contributed by atoms with Crippen molar-refractivity contribution in [3.8, 4) is 11.4 Å². The van der Waals surface area contributed by atoms with Crippen LogP contribution in [-0.4, -0.2) is 27.3 Å². The molecule has 122 valence electrons. The van der Waals surface area contributed by atoms with Crippen LogP contribution in [0.25, 0.3) is 5.69 Å². The monoisotopic (exact) mass is 342 g/mol. The van der Waals surface area contributed by atoms with Gasteiger partial charge in [-0.2, -0.15) is 0 Å². The summed E-state index contributed by atoms with van der Waals surface area (Å²) >= 11 is 5.80. The molecule has 0 unspecified atom stereocenters. The molecule has 24 heavy (non-hydrogen) atoms. The molecule has 0 spiro atoms. The van der Waals surface area contributed by atoms with Gasteiger partial charge in [-0.15, -0.1) is 10.2 Å². The number of nitrogens with one attached hydrogen (secondary N) is 1. The lowest BCUT2D eigenvalue weighted by Crippen LogP contribution is -2.29. The highest BCUT2D eigenvalue weighted by atomic mass is 35.5. The molecule has 3 rings (SSSR count). The number of ether oxygens (including phenoxy) is 1. The molecule has 0 aliphatic carbocycles. The highest BCUT2D eigenvalue weighted by Gasteiger charge is 2.08. The van der Waals surface area contributed by atoms with Gasteiger partial charge in [0, 0.05) is 10.7 Å². The van der Waals surface area contributed by atoms with E-state index in [0.29, 0.717) is 16.6 Å². The van der Waals surface area contributed by atoms with E-state index in [-0.39, 0.29) is 19.1 Å². The number of amides is 1. The maximum atomic E-state index is 11.9. The van der Waals surface area contributed by atoms with Gasteiger partial charge < -0.3 is 10.1 Å². The van der Waals surface area contributed by atoms with Crippen molar-refractivity contribution in [3.63, 3.8) is 0 Å². The van der Waals surface area contributed by atoms with Crippen LogP contribution in [0.2, 0.25) is 5.02 Å². The summed E-state index contributed by atoms with van der Waals surface area (Å²) in [5.74, 6) is 0.982. The molecule has 2 aromatic carbocycles. The van der Waals surface area contributed by atoms with Crippen LogP contribution < -0.4 is 10.1 Å². The van der Waals surface area contributed by atoms with Gasteiger partial charge >= 0.3 is 0 Å². The predicted molar refractivity (Wildman–Crippen MR) is 90.2 cm³/mol. The maximum Gasteiger partial charge on any atom is 0.258 e. The summed E-state index contributed by atoms with van der Waals surface area (Å²) in [6.45, 7) is 0.179. The van der Waals surface area contributed by atoms with E-state index in [4.69, 9.17) is 16.3 Å². The number of para-hydroxylation sites is 1. The van der Waals surface area contributed by atoms with E-state index in [1.165, 1.54) is 0 Å². The van der Waals surface area contributed by atoms with E-state index >= 15 is 0 Å². The fourth-order valence-corrected chi connectivity index (χ4v) is 2.22. The van der Waals surface area contributed by atoms with Crippen molar-refractivity contribution in [2.45, 2.75) is 6.54 Å². The number of rotatable bonds is 6. The summed E-state index contributed by atoms with van der Waals surface area (Å²) in [6, 6.07) is 16.5. The van der Waals surface area contributed by atoms with Crippen LogP contribution in [0.15, 0.2) is 60.9 Å². The normalized spacial score (nSPS) is 10.4. The second-order valence-electron chi connectivity index (χ2n) is 4.97. The maximum absolute atomic E-state index is 11.9. The zero-order chi connectivity index (χ0) is 16.8. The summed E-state index contributed by atoms with van der Waals surface area (Å²) in [5, 5.41) is 11.3. The molecule has 7 heteroatoms. The molecule has 1 N–H and O–H groups in total. The first-order valence-corrected chi connectivity index (χ1v) is 7.69. The molecule has 0 saturated heterocycles. The van der Waals surface area contributed by atoms with Crippen LogP contribution >= 0.6 is 11.6 Å². The van der Waals surface area contributed by atoms with Crippen LogP contribution in [0.1, 0.15) is 5.82 Å². The Bertz CT molecular complexity index is 803. The fourth-order valence-electron chi connectivity index (χ4n) is 2.09. The number of nitrogens with zero attached hydrogens (tertiary/aromatic N) is 3. The second kappa shape index (κ2) is 7.61. The van der Waals surface area contributed by atoms with E-state index in [9.17, 15) is 4.79 Å². The van der Waals surface area contributed by atoms with Crippen LogP contribution in [0.3, 0.4) is 0 Å². The third-order valence-electron chi connectivity index (χ3n) is 3.28. The highest BCUT2D eigenvalue weighted by molar-refractivity contribution is 6.30. The van der Waals surface area contributed by atoms with Crippen molar-refractivity contribution in [3.05, 3.63) is 71.8 Å². The Balaban J connectivity index is 1.54. The summed E-state index contributed by atoms with van der Waals surface area (Å²) < 4.78 is 7.21. The zero-order valence-corrected chi connectivity index (χ0v) is 13.5. The summed E-state index contributed by atoms with van der Waals surface area (Å²) in [7, 11) is 0. The molecular formula is C17H15ClN4O2. The minimum Gasteiger partial charge on any atom is -0.484 e. The van der Waals surface area contributed by atoms with Gasteiger partial charge in [0.2, 0.25) is 0 Å². The smallest absolute Gasteiger partial charge is 0.258 e. The van der Waals surface area contributed by atoms with Crippen molar-refractivity contribution in [1.82, 2.24) is 20.1 Å². The molecule has 0 aliphatic rings. The first kappa shape index (κ1) is 16.0. The standard InChI is InChI=1S/C17H15ClN4O2/c18-13-6-8-15(9-7-13)24-11-17(23)19-10-16-21-20-12-22(16)14-4-2-1-3-5-14/h1-9,12H,10-11H2,(H,19,23). The molecule has 0 aliphatic heterocycles. The quantitative estimate of drug-likeness (QED) is 0.747. The lowest BCUT2D eigenvalue weighted by Gasteiger charge is -2.09. The van der Waals surface area contributed by atoms with Gasteiger partial charge in [-0.3, -0.25) is 9.36 Å². The molecule has 1 amide bonds. The third-order valence-corrected chi connectivity index (χ3v) is 3.53. The minimum absolute atomic E-state index is 0.0822. The number of hydrogen-bond donors (Lipinski definition) is 1. The van der Waals surface area contributed by atoms with Crippen LogP contribution in [0.4, 0.5) is 0 Å². The van der Waals surface area contributed by atoms with Crippen LogP contribution in [0.5, 0.6) is 5.75 Å². The predicted octanol–water partition coefficient (Wildman–Crippen LogP) is 2.62. The third kappa shape index (κ3) is 4.11. The second-order valence-corrected chi connectivity index (χ2v) is 5.41. The number of hydrogen-bond acceptors (Lipinski definition) is 4. The largest absolute Gasteiger partial charge is 0.484 e. The van der Waals surface area contributed by atoms with Crippen molar-refractivity contribution in [2.75, 3.05) is 6.61 Å². The first-order chi connectivity index (χ1) is 11.7. The number of aromatic nitrogens is 3. The van der Waals surface area contributed by atoms with E-state index in [1.807, 2.05) is 34.9 Å². The average Bonchev–Trinajstić information content (AvgIpc) is 3.09. The Kier molecular flexibility index (Phi) is 5.08. The van der Waals surface area contributed by atoms with Gasteiger partial charge in [0.1, 0.15) is 12.1 Å². The Hall–Kier alpha value is -2.86. The Morgan fingerprint density at radius 3 is 2.62 bits per heavy atom.